The van der Waals surface area contributed by atoms with Crippen LogP contribution in [0.1, 0.15) is 82.7 Å². The van der Waals surface area contributed by atoms with Gasteiger partial charge in [0.05, 0.1) is 34.9 Å². The zero-order valence-electron chi connectivity index (χ0n) is 23.1. The van der Waals surface area contributed by atoms with E-state index in [2.05, 4.69) is 26.0 Å². The van der Waals surface area contributed by atoms with Crippen LogP contribution in [0.4, 0.5) is 0 Å². The Bertz CT molecular complexity index is 1610. The number of aromatic hydroxyl groups is 2. The summed E-state index contributed by atoms with van der Waals surface area (Å²) in [4.78, 5) is 53.5. The zero-order valence-corrected chi connectivity index (χ0v) is 24.7. The van der Waals surface area contributed by atoms with Gasteiger partial charge in [-0.3, -0.25) is 19.2 Å². The van der Waals surface area contributed by atoms with Crippen molar-refractivity contribution < 1.29 is 53.4 Å². The first kappa shape index (κ1) is 30.4. The number of carbonyl (C=O) groups excluding carboxylic acids is 4. The van der Waals surface area contributed by atoms with E-state index in [1.165, 1.54) is 18.2 Å². The number of benzene rings is 2. The molecule has 1 aliphatic heterocycles. The number of hydrogen-bond acceptors (Lipinski definition) is 12. The zero-order chi connectivity index (χ0) is 31.4. The van der Waals surface area contributed by atoms with Crippen LogP contribution in [0.3, 0.4) is 0 Å². The molecule has 0 amide bonds. The second kappa shape index (κ2) is 11.2. The number of azide groups is 1. The number of nitrogens with zero attached hydrogens (tertiary/aromatic N) is 3. The van der Waals surface area contributed by atoms with Gasteiger partial charge >= 0.3 is 11.9 Å². The van der Waals surface area contributed by atoms with Gasteiger partial charge in [-0.05, 0) is 18.5 Å². The van der Waals surface area contributed by atoms with Crippen LogP contribution in [-0.2, 0) is 30.2 Å². The molecule has 0 bridgehead atoms. The maximum Gasteiger partial charge on any atom is 0.308 e. The molecule has 3 aliphatic rings. The number of phenols is 2. The van der Waals surface area contributed by atoms with Gasteiger partial charge in [0.2, 0.25) is 11.6 Å². The predicted octanol–water partition coefficient (Wildman–Crippen LogP) is 3.63. The third-order valence-electron chi connectivity index (χ3n) is 7.55. The van der Waals surface area contributed by atoms with Gasteiger partial charge < -0.3 is 34.3 Å². The first-order valence-electron chi connectivity index (χ1n) is 13.2. The standard InChI is InChI=1S/C28H26BrN3O11/c1-10-23(31-32-30)15(29)7-18(40-10)42-17-9-28(39,43-12(3)34)8-14-20(17)27(38)22-21(25(14)36)24(35)13-5-4-6-16(41-11(2)33)19(13)26(22)37/h4-6,10,15,17-18,23,36,38-39H,7-9H2,1-3H3/t10-,15-,17?,18-,23+,28+/m0/s1. The Morgan fingerprint density at radius 1 is 1.12 bits per heavy atom. The molecule has 1 heterocycles. The Morgan fingerprint density at radius 2 is 1.81 bits per heavy atom. The number of phenolic OH excluding ortho intramolecular Hbond substituents is 2. The number of aliphatic hydroxyl groups is 1. The molecule has 5 rings (SSSR count). The van der Waals surface area contributed by atoms with Gasteiger partial charge in [-0.15, -0.1) is 0 Å². The summed E-state index contributed by atoms with van der Waals surface area (Å²) in [5.41, 5.74) is 7.07. The molecule has 1 fully saturated rings. The van der Waals surface area contributed by atoms with Crippen LogP contribution in [-0.4, -0.2) is 67.9 Å². The highest BCUT2D eigenvalue weighted by atomic mass is 79.9. The monoisotopic (exact) mass is 659 g/mol. The van der Waals surface area contributed by atoms with E-state index >= 15 is 0 Å². The normalized spacial score (nSPS) is 27.7. The van der Waals surface area contributed by atoms with E-state index in [1.54, 1.807) is 6.92 Å². The number of ketones is 2. The van der Waals surface area contributed by atoms with E-state index < -0.39 is 89.3 Å². The van der Waals surface area contributed by atoms with Gasteiger partial charge in [0.15, 0.2) is 12.1 Å². The summed E-state index contributed by atoms with van der Waals surface area (Å²) in [5, 5.41) is 38.1. The minimum absolute atomic E-state index is 0.123. The van der Waals surface area contributed by atoms with E-state index in [0.29, 0.717) is 0 Å². The summed E-state index contributed by atoms with van der Waals surface area (Å²) in [6.07, 6.45) is -3.78. The summed E-state index contributed by atoms with van der Waals surface area (Å²) in [7, 11) is 0. The molecule has 6 atom stereocenters. The summed E-state index contributed by atoms with van der Waals surface area (Å²) in [6.45, 7) is 3.86. The second-order valence-electron chi connectivity index (χ2n) is 10.5. The van der Waals surface area contributed by atoms with Crippen molar-refractivity contribution in [2.24, 2.45) is 5.11 Å². The maximum absolute atomic E-state index is 13.8. The SMILES string of the molecule is CC(=O)Oc1cccc2c1C(=O)c1c(O)c3c(c(O)c1C2=O)C[C@@](O)(OC(C)=O)CC3O[C@H]1C[C@H](Br)[C@H](N=[N+]=[N-])[C@H](C)O1. The second-order valence-corrected chi connectivity index (χ2v) is 11.7. The minimum atomic E-state index is -2.23. The molecule has 0 radical (unpaired) electrons. The number of fused-ring (bicyclic) bond motifs is 3. The van der Waals surface area contributed by atoms with Crippen LogP contribution in [0, 0.1) is 0 Å². The lowest BCUT2D eigenvalue weighted by Gasteiger charge is -2.42. The molecule has 0 spiro atoms. The number of carbonyl (C=O) groups is 4. The maximum atomic E-state index is 13.8. The molecule has 1 saturated heterocycles. The van der Waals surface area contributed by atoms with Gasteiger partial charge in [-0.1, -0.05) is 33.2 Å². The van der Waals surface area contributed by atoms with Crippen molar-refractivity contribution in [2.75, 3.05) is 0 Å². The number of esters is 2. The summed E-state index contributed by atoms with van der Waals surface area (Å²) in [6, 6.07) is 3.45. The first-order valence-corrected chi connectivity index (χ1v) is 14.1. The van der Waals surface area contributed by atoms with Crippen LogP contribution in [0.2, 0.25) is 0 Å². The Morgan fingerprint density at radius 3 is 2.44 bits per heavy atom. The van der Waals surface area contributed by atoms with Crippen molar-refractivity contribution in [1.82, 2.24) is 0 Å². The van der Waals surface area contributed by atoms with E-state index in [9.17, 15) is 34.5 Å². The van der Waals surface area contributed by atoms with E-state index in [0.717, 1.165) is 13.8 Å². The van der Waals surface area contributed by atoms with Crippen molar-refractivity contribution in [1.29, 1.82) is 0 Å². The molecule has 2 aromatic rings. The number of rotatable bonds is 5. The molecular formula is C28H26BrN3O11. The van der Waals surface area contributed by atoms with Crippen molar-refractivity contribution in [3.63, 3.8) is 0 Å². The highest BCUT2D eigenvalue weighted by Crippen LogP contribution is 2.52. The van der Waals surface area contributed by atoms with Crippen LogP contribution in [0.15, 0.2) is 23.3 Å². The Kier molecular flexibility index (Phi) is 7.96. The number of hydrogen-bond donors (Lipinski definition) is 3. The Hall–Kier alpha value is -4.01. The van der Waals surface area contributed by atoms with E-state index in [4.69, 9.17) is 24.5 Å². The van der Waals surface area contributed by atoms with Gasteiger partial charge in [0.25, 0.3) is 0 Å². The van der Waals surface area contributed by atoms with Crippen LogP contribution < -0.4 is 4.74 Å². The average molecular weight is 660 g/mol. The highest BCUT2D eigenvalue weighted by molar-refractivity contribution is 9.09. The van der Waals surface area contributed by atoms with E-state index in [1.807, 2.05) is 0 Å². The lowest BCUT2D eigenvalue weighted by atomic mass is 9.75. The third-order valence-corrected chi connectivity index (χ3v) is 8.46. The fraction of sp³-hybridized carbons (Fsp3) is 0.429. The largest absolute Gasteiger partial charge is 0.507 e. The van der Waals surface area contributed by atoms with Gasteiger partial charge in [-0.25, -0.2) is 0 Å². The molecule has 43 heavy (non-hydrogen) atoms. The van der Waals surface area contributed by atoms with Crippen LogP contribution >= 0.6 is 15.9 Å². The molecule has 0 aromatic heterocycles. The Labute approximate surface area is 252 Å². The molecule has 226 valence electrons. The van der Waals surface area contributed by atoms with Gasteiger partial charge in [-0.2, -0.15) is 0 Å². The van der Waals surface area contributed by atoms with Crippen molar-refractivity contribution in [3.8, 4) is 17.2 Å². The quantitative estimate of drug-likeness (QED) is 0.0525. The van der Waals surface area contributed by atoms with Crippen LogP contribution in [0.5, 0.6) is 17.2 Å². The molecular weight excluding hydrogens is 634 g/mol. The number of alkyl halides is 1. The lowest BCUT2D eigenvalue weighted by Crippen LogP contribution is -2.47. The molecule has 3 N–H and O–H groups in total. The Balaban J connectivity index is 1.65. The topological polar surface area (TPSA) is 215 Å². The summed E-state index contributed by atoms with van der Waals surface area (Å²) < 4.78 is 22.4. The molecule has 14 nitrogen and oxygen atoms in total. The summed E-state index contributed by atoms with van der Waals surface area (Å²) >= 11 is 3.47. The number of ether oxygens (including phenoxy) is 4. The molecule has 15 heteroatoms. The van der Waals surface area contributed by atoms with E-state index in [-0.39, 0.29) is 39.3 Å². The first-order chi connectivity index (χ1) is 20.3. The third kappa shape index (κ3) is 5.34. The minimum Gasteiger partial charge on any atom is -0.507 e. The lowest BCUT2D eigenvalue weighted by molar-refractivity contribution is -0.254. The molecule has 2 aliphatic carbocycles. The van der Waals surface area contributed by atoms with Crippen LogP contribution in [0.25, 0.3) is 10.4 Å². The predicted molar refractivity (Wildman–Crippen MR) is 148 cm³/mol. The van der Waals surface area contributed by atoms with Gasteiger partial charge in [0, 0.05) is 59.5 Å². The fourth-order valence-corrected chi connectivity index (χ4v) is 6.75. The van der Waals surface area contributed by atoms with Gasteiger partial charge in [0.1, 0.15) is 17.2 Å². The molecule has 2 aromatic carbocycles. The number of halogens is 1. The average Bonchev–Trinajstić information content (AvgIpc) is 2.90. The fourth-order valence-electron chi connectivity index (χ4n) is 5.91. The summed E-state index contributed by atoms with van der Waals surface area (Å²) in [5.74, 6) is -7.18. The molecule has 0 saturated carbocycles. The van der Waals surface area contributed by atoms with Crippen molar-refractivity contribution in [3.05, 3.63) is 62.0 Å². The molecule has 1 unspecified atom stereocenters. The smallest absolute Gasteiger partial charge is 0.308 e. The highest BCUT2D eigenvalue weighted by Gasteiger charge is 2.49. The van der Waals surface area contributed by atoms with Crippen molar-refractivity contribution >= 4 is 39.4 Å². The van der Waals surface area contributed by atoms with Crippen molar-refractivity contribution in [2.45, 2.75) is 75.2 Å².